The molecule has 46 heavy (non-hydrogen) atoms. The van der Waals surface area contributed by atoms with Crippen LogP contribution in [0.3, 0.4) is 0 Å². The molecule has 0 aliphatic heterocycles. The molecule has 0 saturated carbocycles. The van der Waals surface area contributed by atoms with E-state index in [1.807, 2.05) is 6.07 Å². The molecule has 0 amide bonds. The molecule has 1 spiro atoms. The van der Waals surface area contributed by atoms with E-state index in [1.165, 1.54) is 50.2 Å². The smallest absolute Gasteiger partial charge is 0.137 e. The third-order valence-corrected chi connectivity index (χ3v) is 10.4. The Hall–Kier alpha value is -5.60. The molecular weight excluding hydrogens is 558 g/mol. The first-order valence-corrected chi connectivity index (χ1v) is 16.2. The number of rotatable bonds is 3. The van der Waals surface area contributed by atoms with Gasteiger partial charge in [0.2, 0.25) is 0 Å². The molecule has 0 N–H and O–H groups in total. The zero-order chi connectivity index (χ0) is 30.4. The van der Waals surface area contributed by atoms with E-state index in [1.54, 1.807) is 0 Å². The maximum Gasteiger partial charge on any atom is 0.137 e. The third kappa shape index (κ3) is 3.31. The van der Waals surface area contributed by atoms with Gasteiger partial charge in [-0.15, -0.1) is 0 Å². The molecule has 0 radical (unpaired) electrons. The van der Waals surface area contributed by atoms with Gasteiger partial charge in [-0.25, -0.2) is 0 Å². The van der Waals surface area contributed by atoms with E-state index < -0.39 is 0 Å². The minimum atomic E-state index is -0.321. The Bertz CT molecular complexity index is 2380. The largest absolute Gasteiger partial charge is 0.456 e. The lowest BCUT2D eigenvalue weighted by atomic mass is 9.67. The van der Waals surface area contributed by atoms with E-state index in [0.717, 1.165) is 39.7 Å². The van der Waals surface area contributed by atoms with Gasteiger partial charge in [-0.05, 0) is 81.6 Å². The van der Waals surface area contributed by atoms with Crippen LogP contribution in [0, 0.1) is 5.92 Å². The number of hydrogen-bond acceptors (Lipinski definition) is 2. The lowest BCUT2D eigenvalue weighted by Crippen LogP contribution is -2.30. The van der Waals surface area contributed by atoms with Crippen LogP contribution in [-0.2, 0) is 5.41 Å². The van der Waals surface area contributed by atoms with E-state index >= 15 is 0 Å². The van der Waals surface area contributed by atoms with Gasteiger partial charge in [0, 0.05) is 33.8 Å². The summed E-state index contributed by atoms with van der Waals surface area (Å²) in [5.41, 5.74) is 16.0. The predicted molar refractivity (Wildman–Crippen MR) is 189 cm³/mol. The molecule has 0 fully saturated rings. The first-order valence-electron chi connectivity index (χ1n) is 16.2. The van der Waals surface area contributed by atoms with E-state index in [2.05, 4.69) is 157 Å². The molecule has 3 aliphatic carbocycles. The van der Waals surface area contributed by atoms with Crippen molar-refractivity contribution in [1.29, 1.82) is 0 Å². The average Bonchev–Trinajstić information content (AvgIpc) is 3.72. The van der Waals surface area contributed by atoms with Gasteiger partial charge in [-0.1, -0.05) is 122 Å². The van der Waals surface area contributed by atoms with Crippen molar-refractivity contribution in [2.75, 3.05) is 4.90 Å². The van der Waals surface area contributed by atoms with Crippen molar-refractivity contribution < 1.29 is 4.42 Å². The van der Waals surface area contributed by atoms with E-state index in [9.17, 15) is 0 Å². The zero-order valence-electron chi connectivity index (χ0n) is 25.6. The van der Waals surface area contributed by atoms with Crippen molar-refractivity contribution in [3.8, 4) is 11.1 Å². The zero-order valence-corrected chi connectivity index (χ0v) is 25.6. The number of nitrogens with zero attached hydrogens (tertiary/aromatic N) is 1. The second-order valence-electron chi connectivity index (χ2n) is 12.9. The summed E-state index contributed by atoms with van der Waals surface area (Å²) >= 11 is 0. The van der Waals surface area contributed by atoms with Crippen molar-refractivity contribution in [3.63, 3.8) is 0 Å². The summed E-state index contributed by atoms with van der Waals surface area (Å²) < 4.78 is 6.43. The second-order valence-corrected chi connectivity index (χ2v) is 12.9. The Kier molecular flexibility index (Phi) is 5.28. The molecule has 0 bridgehead atoms. The Labute approximate surface area is 268 Å². The van der Waals surface area contributed by atoms with Gasteiger partial charge in [0.15, 0.2) is 0 Å². The van der Waals surface area contributed by atoms with Crippen LogP contribution >= 0.6 is 0 Å². The fraction of sp³-hybridized carbons (Fsp3) is 0.0909. The minimum Gasteiger partial charge on any atom is -0.456 e. The van der Waals surface area contributed by atoms with Gasteiger partial charge in [0.05, 0.1) is 11.1 Å². The summed E-state index contributed by atoms with van der Waals surface area (Å²) in [5, 5.41) is 2.29. The highest BCUT2D eigenvalue weighted by Crippen LogP contribution is 2.65. The number of benzene rings is 6. The first kappa shape index (κ1) is 25.7. The predicted octanol–water partition coefficient (Wildman–Crippen LogP) is 11.4. The fourth-order valence-electron chi connectivity index (χ4n) is 8.72. The molecule has 6 aromatic carbocycles. The summed E-state index contributed by atoms with van der Waals surface area (Å²) in [7, 11) is 0. The van der Waals surface area contributed by atoms with Crippen molar-refractivity contribution in [2.24, 2.45) is 5.92 Å². The fourth-order valence-corrected chi connectivity index (χ4v) is 8.72. The molecule has 1 atom stereocenters. The van der Waals surface area contributed by atoms with Crippen LogP contribution in [0.5, 0.6) is 0 Å². The number of anilines is 2. The topological polar surface area (TPSA) is 16.4 Å². The van der Waals surface area contributed by atoms with Crippen molar-refractivity contribution in [2.45, 2.75) is 18.8 Å². The third-order valence-electron chi connectivity index (χ3n) is 10.4. The molecule has 2 heteroatoms. The van der Waals surface area contributed by atoms with Crippen LogP contribution in [0.2, 0.25) is 0 Å². The molecule has 1 unspecified atom stereocenters. The van der Waals surface area contributed by atoms with Gasteiger partial charge >= 0.3 is 0 Å². The Balaban J connectivity index is 1.27. The van der Waals surface area contributed by atoms with Gasteiger partial charge < -0.3 is 9.32 Å². The maximum atomic E-state index is 6.43. The number of allylic oxidation sites excluding steroid dienone is 3. The quantitative estimate of drug-likeness (QED) is 0.204. The van der Waals surface area contributed by atoms with Crippen LogP contribution < -0.4 is 4.90 Å². The Morgan fingerprint density at radius 1 is 0.565 bits per heavy atom. The maximum absolute atomic E-state index is 6.43. The minimum absolute atomic E-state index is 0.321. The Morgan fingerprint density at radius 2 is 1.15 bits per heavy atom. The summed E-state index contributed by atoms with van der Waals surface area (Å²) in [6.07, 6.45) is 3.50. The van der Waals surface area contributed by atoms with Crippen molar-refractivity contribution >= 4 is 38.9 Å². The molecule has 1 aromatic heterocycles. The second kappa shape index (κ2) is 9.45. The average molecular weight is 590 g/mol. The molecule has 7 aromatic rings. The van der Waals surface area contributed by atoms with E-state index in [4.69, 9.17) is 4.42 Å². The summed E-state index contributed by atoms with van der Waals surface area (Å²) in [4.78, 5) is 2.46. The molecule has 0 saturated heterocycles. The molecule has 2 nitrogen and oxygen atoms in total. The van der Waals surface area contributed by atoms with Crippen molar-refractivity contribution in [3.05, 3.63) is 185 Å². The SMILES string of the molecule is CC1C=C(N(c2ccccc2)c2ccc3c(c2)oc2ccccc23)C2=C(C1)C1(c3ccccc32)c2ccccc2-c2ccccc21. The summed E-state index contributed by atoms with van der Waals surface area (Å²) in [6, 6.07) is 53.2. The van der Waals surface area contributed by atoms with E-state index in [0.29, 0.717) is 5.92 Å². The van der Waals surface area contributed by atoms with Crippen LogP contribution in [-0.4, -0.2) is 0 Å². The summed E-state index contributed by atoms with van der Waals surface area (Å²) in [5.74, 6) is 0.348. The highest BCUT2D eigenvalue weighted by molar-refractivity contribution is 6.07. The van der Waals surface area contributed by atoms with Gasteiger partial charge in [-0.3, -0.25) is 0 Å². The highest BCUT2D eigenvalue weighted by atomic mass is 16.3. The first-order chi connectivity index (χ1) is 22.7. The molecule has 1 heterocycles. The number of furan rings is 1. The normalized spacial score (nSPS) is 17.2. The number of fused-ring (bicyclic) bond motifs is 12. The molecule has 10 rings (SSSR count). The molecule has 3 aliphatic rings. The van der Waals surface area contributed by atoms with Gasteiger partial charge in [0.25, 0.3) is 0 Å². The van der Waals surface area contributed by atoms with Gasteiger partial charge in [-0.2, -0.15) is 0 Å². The van der Waals surface area contributed by atoms with Crippen molar-refractivity contribution in [1.82, 2.24) is 0 Å². The summed E-state index contributed by atoms with van der Waals surface area (Å²) in [6.45, 7) is 2.37. The molecular formula is C44H31NO. The standard InChI is InChI=1S/C44H31NO/c1-28-25-39-43(35-18-7-11-21-38(35)44(39)36-19-9-5-15-31(36)32-16-6-10-20-37(32)44)40(26-28)45(29-13-3-2-4-14-29)30-23-24-34-33-17-8-12-22-41(33)46-42(34)27-30/h2-24,26-28H,25H2,1H3. The number of hydrogen-bond donors (Lipinski definition) is 0. The lowest BCUT2D eigenvalue weighted by molar-refractivity contribution is 0.625. The monoisotopic (exact) mass is 589 g/mol. The van der Waals surface area contributed by atoms with Crippen LogP contribution in [0.15, 0.2) is 167 Å². The number of para-hydroxylation sites is 2. The van der Waals surface area contributed by atoms with Gasteiger partial charge in [0.1, 0.15) is 11.2 Å². The lowest BCUT2D eigenvalue weighted by Gasteiger charge is -2.37. The highest BCUT2D eigenvalue weighted by Gasteiger charge is 2.54. The molecule has 218 valence electrons. The Morgan fingerprint density at radius 3 is 1.89 bits per heavy atom. The van der Waals surface area contributed by atoms with E-state index in [-0.39, 0.29) is 5.41 Å². The van der Waals surface area contributed by atoms with Crippen LogP contribution in [0.4, 0.5) is 11.4 Å². The van der Waals surface area contributed by atoms with Crippen LogP contribution in [0.1, 0.15) is 35.6 Å². The van der Waals surface area contributed by atoms with Crippen LogP contribution in [0.25, 0.3) is 38.6 Å².